The molecule has 1 aromatic heterocycles. The number of piperazine rings is 1. The molecular weight excluding hydrogens is 346 g/mol. The van der Waals surface area contributed by atoms with Crippen LogP contribution in [0.1, 0.15) is 34.0 Å². The van der Waals surface area contributed by atoms with Gasteiger partial charge in [-0.3, -0.25) is 14.5 Å². The van der Waals surface area contributed by atoms with E-state index in [2.05, 4.69) is 41.4 Å². The molecule has 1 saturated heterocycles. The predicted molar refractivity (Wildman–Crippen MR) is 104 cm³/mol. The van der Waals surface area contributed by atoms with Crippen molar-refractivity contribution in [1.82, 2.24) is 15.1 Å². The molecule has 5 nitrogen and oxygen atoms in total. The third kappa shape index (κ3) is 4.71. The summed E-state index contributed by atoms with van der Waals surface area (Å²) in [6.07, 6.45) is 0. The summed E-state index contributed by atoms with van der Waals surface area (Å²) < 4.78 is 0. The Hall–Kier alpha value is -2.18. The SMILES string of the molecule is CC(=O)NCc1ccc(C(=O)N2CCN(Cc3ccccc3)CC2C)s1. The lowest BCUT2D eigenvalue weighted by atomic mass is 10.1. The second-order valence-corrected chi connectivity index (χ2v) is 7.91. The lowest BCUT2D eigenvalue weighted by Gasteiger charge is -2.39. The van der Waals surface area contributed by atoms with Crippen molar-refractivity contribution >= 4 is 23.2 Å². The fourth-order valence-electron chi connectivity index (χ4n) is 3.26. The molecule has 1 aliphatic heterocycles. The van der Waals surface area contributed by atoms with Crippen molar-refractivity contribution in [3.05, 3.63) is 57.8 Å². The van der Waals surface area contributed by atoms with Gasteiger partial charge in [0.25, 0.3) is 5.91 Å². The van der Waals surface area contributed by atoms with Crippen LogP contribution in [0.15, 0.2) is 42.5 Å². The molecule has 1 aromatic carbocycles. The molecule has 0 bridgehead atoms. The Kier molecular flexibility index (Phi) is 6.06. The van der Waals surface area contributed by atoms with Gasteiger partial charge in [0.1, 0.15) is 0 Å². The van der Waals surface area contributed by atoms with E-state index in [1.165, 1.54) is 23.8 Å². The van der Waals surface area contributed by atoms with Gasteiger partial charge < -0.3 is 10.2 Å². The molecule has 2 heterocycles. The molecule has 1 N–H and O–H groups in total. The Morgan fingerprint density at radius 1 is 1.15 bits per heavy atom. The van der Waals surface area contributed by atoms with Crippen molar-refractivity contribution in [2.24, 2.45) is 0 Å². The quantitative estimate of drug-likeness (QED) is 0.879. The summed E-state index contributed by atoms with van der Waals surface area (Å²) in [4.78, 5) is 30.0. The van der Waals surface area contributed by atoms with Crippen LogP contribution in [0, 0.1) is 0 Å². The van der Waals surface area contributed by atoms with Crippen LogP contribution in [0.4, 0.5) is 0 Å². The maximum Gasteiger partial charge on any atom is 0.264 e. The van der Waals surface area contributed by atoms with Crippen LogP contribution in [0.25, 0.3) is 0 Å². The van der Waals surface area contributed by atoms with E-state index >= 15 is 0 Å². The van der Waals surface area contributed by atoms with Crippen molar-refractivity contribution in [2.75, 3.05) is 19.6 Å². The van der Waals surface area contributed by atoms with Gasteiger partial charge in [-0.2, -0.15) is 0 Å². The molecule has 1 aliphatic rings. The standard InChI is InChI=1S/C20H25N3O2S/c1-15-13-22(14-17-6-4-3-5-7-17)10-11-23(15)20(25)19-9-8-18(26-19)12-21-16(2)24/h3-9,15H,10-14H2,1-2H3,(H,21,24). The Labute approximate surface area is 158 Å². The number of carbonyl (C=O) groups is 2. The Balaban J connectivity index is 1.57. The average molecular weight is 372 g/mol. The van der Waals surface area contributed by atoms with Crippen LogP contribution in [-0.2, 0) is 17.9 Å². The first-order valence-corrected chi connectivity index (χ1v) is 9.75. The molecule has 26 heavy (non-hydrogen) atoms. The minimum atomic E-state index is -0.0607. The first kappa shape index (κ1) is 18.6. The second kappa shape index (κ2) is 8.47. The average Bonchev–Trinajstić information content (AvgIpc) is 3.09. The van der Waals surface area contributed by atoms with Gasteiger partial charge in [-0.15, -0.1) is 11.3 Å². The van der Waals surface area contributed by atoms with Gasteiger partial charge in [-0.1, -0.05) is 30.3 Å². The van der Waals surface area contributed by atoms with E-state index in [-0.39, 0.29) is 17.9 Å². The number of nitrogens with zero attached hydrogens (tertiary/aromatic N) is 2. The van der Waals surface area contributed by atoms with E-state index in [4.69, 9.17) is 0 Å². The molecule has 6 heteroatoms. The van der Waals surface area contributed by atoms with Crippen LogP contribution in [-0.4, -0.2) is 47.3 Å². The highest BCUT2D eigenvalue weighted by atomic mass is 32.1. The Morgan fingerprint density at radius 2 is 1.92 bits per heavy atom. The summed E-state index contributed by atoms with van der Waals surface area (Å²) in [5.74, 6) is 0.0328. The van der Waals surface area contributed by atoms with Crippen LogP contribution in [0.2, 0.25) is 0 Å². The van der Waals surface area contributed by atoms with Gasteiger partial charge in [0, 0.05) is 44.0 Å². The maximum absolute atomic E-state index is 12.9. The first-order valence-electron chi connectivity index (χ1n) is 8.93. The van der Waals surface area contributed by atoms with Crippen LogP contribution >= 0.6 is 11.3 Å². The molecule has 138 valence electrons. The predicted octanol–water partition coefficient (Wildman–Crippen LogP) is 2.73. The monoisotopic (exact) mass is 371 g/mol. The van der Waals surface area contributed by atoms with Gasteiger partial charge in [0.2, 0.25) is 5.91 Å². The molecule has 1 unspecified atom stereocenters. The van der Waals surface area contributed by atoms with E-state index in [9.17, 15) is 9.59 Å². The zero-order chi connectivity index (χ0) is 18.5. The molecule has 0 saturated carbocycles. The van der Waals surface area contributed by atoms with Crippen LogP contribution < -0.4 is 5.32 Å². The molecule has 0 spiro atoms. The third-order valence-electron chi connectivity index (χ3n) is 4.61. The number of hydrogen-bond donors (Lipinski definition) is 1. The van der Waals surface area contributed by atoms with E-state index in [0.29, 0.717) is 6.54 Å². The second-order valence-electron chi connectivity index (χ2n) is 6.74. The number of nitrogens with one attached hydrogen (secondary N) is 1. The van der Waals surface area contributed by atoms with E-state index < -0.39 is 0 Å². The van der Waals surface area contributed by atoms with Crippen molar-refractivity contribution < 1.29 is 9.59 Å². The Bertz CT molecular complexity index is 759. The highest BCUT2D eigenvalue weighted by Gasteiger charge is 2.28. The van der Waals surface area contributed by atoms with Gasteiger partial charge in [-0.25, -0.2) is 0 Å². The summed E-state index contributed by atoms with van der Waals surface area (Å²) in [6, 6.07) is 14.4. The maximum atomic E-state index is 12.9. The van der Waals surface area contributed by atoms with Crippen molar-refractivity contribution in [3.8, 4) is 0 Å². The van der Waals surface area contributed by atoms with Gasteiger partial charge in [0.15, 0.2) is 0 Å². The number of carbonyl (C=O) groups excluding carboxylic acids is 2. The van der Waals surface area contributed by atoms with Crippen LogP contribution in [0.3, 0.4) is 0 Å². The molecular formula is C20H25N3O2S. The summed E-state index contributed by atoms with van der Waals surface area (Å²) >= 11 is 1.46. The minimum absolute atomic E-state index is 0.0607. The van der Waals surface area contributed by atoms with Gasteiger partial charge in [-0.05, 0) is 24.6 Å². The van der Waals surface area contributed by atoms with Crippen molar-refractivity contribution in [2.45, 2.75) is 33.0 Å². The van der Waals surface area contributed by atoms with Crippen molar-refractivity contribution in [1.29, 1.82) is 0 Å². The molecule has 2 amide bonds. The summed E-state index contributed by atoms with van der Waals surface area (Å²) in [7, 11) is 0. The number of amides is 2. The van der Waals surface area contributed by atoms with E-state index in [0.717, 1.165) is 35.9 Å². The van der Waals surface area contributed by atoms with Gasteiger partial charge in [0.05, 0.1) is 11.4 Å². The summed E-state index contributed by atoms with van der Waals surface area (Å²) in [5.41, 5.74) is 1.31. The lowest BCUT2D eigenvalue weighted by Crippen LogP contribution is -2.53. The normalized spacial score (nSPS) is 17.9. The highest BCUT2D eigenvalue weighted by Crippen LogP contribution is 2.21. The van der Waals surface area contributed by atoms with E-state index in [1.54, 1.807) is 0 Å². The number of hydrogen-bond acceptors (Lipinski definition) is 4. The molecule has 1 fully saturated rings. The van der Waals surface area contributed by atoms with Crippen molar-refractivity contribution in [3.63, 3.8) is 0 Å². The van der Waals surface area contributed by atoms with Gasteiger partial charge >= 0.3 is 0 Å². The molecule has 2 aromatic rings. The molecule has 0 radical (unpaired) electrons. The number of benzene rings is 1. The van der Waals surface area contributed by atoms with E-state index in [1.807, 2.05) is 23.1 Å². The summed E-state index contributed by atoms with van der Waals surface area (Å²) in [5, 5.41) is 2.77. The number of rotatable bonds is 5. The lowest BCUT2D eigenvalue weighted by molar-refractivity contribution is -0.119. The molecule has 1 atom stereocenters. The third-order valence-corrected chi connectivity index (χ3v) is 5.68. The smallest absolute Gasteiger partial charge is 0.264 e. The fourth-order valence-corrected chi connectivity index (χ4v) is 4.16. The van der Waals surface area contributed by atoms with Crippen LogP contribution in [0.5, 0.6) is 0 Å². The topological polar surface area (TPSA) is 52.7 Å². The zero-order valence-corrected chi connectivity index (χ0v) is 16.1. The summed E-state index contributed by atoms with van der Waals surface area (Å²) in [6.45, 7) is 7.52. The largest absolute Gasteiger partial charge is 0.351 e. The molecule has 0 aliphatic carbocycles. The fraction of sp³-hybridized carbons (Fsp3) is 0.400. The number of thiophene rings is 1. The zero-order valence-electron chi connectivity index (χ0n) is 15.3. The highest BCUT2D eigenvalue weighted by molar-refractivity contribution is 7.14. The first-order chi connectivity index (χ1) is 12.5. The minimum Gasteiger partial charge on any atom is -0.351 e. The molecule has 3 rings (SSSR count). The Morgan fingerprint density at radius 3 is 2.62 bits per heavy atom.